The minimum Gasteiger partial charge on any atom is -0.508 e. The first-order valence-corrected chi connectivity index (χ1v) is 8.83. The summed E-state index contributed by atoms with van der Waals surface area (Å²) in [4.78, 5) is 0. The van der Waals surface area contributed by atoms with Crippen molar-refractivity contribution in [2.45, 2.75) is 71.1 Å². The average Bonchev–Trinajstić information content (AvgIpc) is 2.53. The number of benzene rings is 1. The standard InChI is InChI=1S/C20H32O2/c1-2-17-22-18-11-9-7-5-3-4-6-8-10-12-19-13-15-20(21)16-14-19/h2,13-17,21H,3-12,18H2,1H3. The molecule has 2 nitrogen and oxygen atoms in total. The number of allylic oxidation sites excluding steroid dienone is 1. The van der Waals surface area contributed by atoms with Crippen LogP contribution in [0.3, 0.4) is 0 Å². The van der Waals surface area contributed by atoms with E-state index in [-0.39, 0.29) is 0 Å². The van der Waals surface area contributed by atoms with E-state index >= 15 is 0 Å². The Morgan fingerprint density at radius 1 is 0.818 bits per heavy atom. The van der Waals surface area contributed by atoms with Gasteiger partial charge in [0, 0.05) is 0 Å². The van der Waals surface area contributed by atoms with Crippen LogP contribution in [0.4, 0.5) is 0 Å². The fourth-order valence-corrected chi connectivity index (χ4v) is 2.58. The van der Waals surface area contributed by atoms with Crippen LogP contribution in [0.5, 0.6) is 5.75 Å². The Labute approximate surface area is 136 Å². The highest BCUT2D eigenvalue weighted by molar-refractivity contribution is 5.25. The molecule has 0 aliphatic carbocycles. The van der Waals surface area contributed by atoms with Gasteiger partial charge in [-0.2, -0.15) is 0 Å². The van der Waals surface area contributed by atoms with Crippen LogP contribution >= 0.6 is 0 Å². The largest absolute Gasteiger partial charge is 0.508 e. The second-order valence-corrected chi connectivity index (χ2v) is 5.94. The first-order chi connectivity index (χ1) is 10.8. The summed E-state index contributed by atoms with van der Waals surface area (Å²) in [5.41, 5.74) is 1.33. The average molecular weight is 304 g/mol. The molecule has 1 N–H and O–H groups in total. The molecule has 0 atom stereocenters. The molecule has 0 aromatic heterocycles. The lowest BCUT2D eigenvalue weighted by Crippen LogP contribution is -1.88. The molecule has 0 fully saturated rings. The lowest BCUT2D eigenvalue weighted by molar-refractivity contribution is 0.240. The summed E-state index contributed by atoms with van der Waals surface area (Å²) < 4.78 is 5.30. The van der Waals surface area contributed by atoms with Crippen molar-refractivity contribution in [1.29, 1.82) is 0 Å². The van der Waals surface area contributed by atoms with E-state index in [1.165, 1.54) is 63.4 Å². The number of aryl methyl sites for hydroxylation is 1. The summed E-state index contributed by atoms with van der Waals surface area (Å²) in [5, 5.41) is 9.23. The molecule has 1 aromatic rings. The lowest BCUT2D eigenvalue weighted by atomic mass is 10.0. The quantitative estimate of drug-likeness (QED) is 0.358. The third-order valence-electron chi connectivity index (χ3n) is 3.90. The number of phenolic OH excluding ortho intramolecular Hbond substituents is 1. The third-order valence-corrected chi connectivity index (χ3v) is 3.90. The van der Waals surface area contributed by atoms with Gasteiger partial charge in [0.25, 0.3) is 0 Å². The fourth-order valence-electron chi connectivity index (χ4n) is 2.58. The van der Waals surface area contributed by atoms with Crippen molar-refractivity contribution in [1.82, 2.24) is 0 Å². The van der Waals surface area contributed by atoms with E-state index in [0.29, 0.717) is 5.75 Å². The number of phenols is 1. The van der Waals surface area contributed by atoms with Crippen LogP contribution in [-0.2, 0) is 11.2 Å². The highest BCUT2D eigenvalue weighted by atomic mass is 16.5. The van der Waals surface area contributed by atoms with Crippen LogP contribution in [0.2, 0.25) is 0 Å². The van der Waals surface area contributed by atoms with Gasteiger partial charge in [-0.05, 0) is 43.9 Å². The van der Waals surface area contributed by atoms with Gasteiger partial charge in [0.1, 0.15) is 5.75 Å². The molecule has 0 radical (unpaired) electrons. The smallest absolute Gasteiger partial charge is 0.115 e. The minimum atomic E-state index is 0.358. The molecule has 1 rings (SSSR count). The number of unbranched alkanes of at least 4 members (excludes halogenated alkanes) is 8. The number of hydrogen-bond acceptors (Lipinski definition) is 2. The molecule has 0 spiro atoms. The van der Waals surface area contributed by atoms with Gasteiger partial charge in [0.15, 0.2) is 0 Å². The summed E-state index contributed by atoms with van der Waals surface area (Å²) in [5.74, 6) is 0.358. The van der Waals surface area contributed by atoms with Crippen molar-refractivity contribution < 1.29 is 9.84 Å². The molecule has 0 aliphatic rings. The maximum atomic E-state index is 9.23. The van der Waals surface area contributed by atoms with Crippen LogP contribution < -0.4 is 0 Å². The van der Waals surface area contributed by atoms with E-state index < -0.39 is 0 Å². The van der Waals surface area contributed by atoms with Gasteiger partial charge in [-0.15, -0.1) is 0 Å². The van der Waals surface area contributed by atoms with Crippen molar-refractivity contribution in [3.05, 3.63) is 42.2 Å². The first-order valence-electron chi connectivity index (χ1n) is 8.83. The van der Waals surface area contributed by atoms with Crippen LogP contribution in [-0.4, -0.2) is 11.7 Å². The SMILES string of the molecule is CC=COCCCCCCCCCCCc1ccc(O)cc1. The Bertz CT molecular complexity index is 381. The van der Waals surface area contributed by atoms with E-state index in [0.717, 1.165) is 13.0 Å². The minimum absolute atomic E-state index is 0.358. The zero-order valence-corrected chi connectivity index (χ0v) is 14.1. The maximum absolute atomic E-state index is 9.23. The van der Waals surface area contributed by atoms with Crippen LogP contribution in [0.1, 0.15) is 70.3 Å². The Kier molecular flexibility index (Phi) is 11.2. The van der Waals surface area contributed by atoms with Gasteiger partial charge in [-0.1, -0.05) is 63.2 Å². The molecular formula is C20H32O2. The fraction of sp³-hybridized carbons (Fsp3) is 0.600. The second kappa shape index (κ2) is 13.2. The Hall–Kier alpha value is -1.44. The van der Waals surface area contributed by atoms with Crippen molar-refractivity contribution in [3.8, 4) is 5.75 Å². The van der Waals surface area contributed by atoms with E-state index in [4.69, 9.17) is 4.74 Å². The molecule has 22 heavy (non-hydrogen) atoms. The summed E-state index contributed by atoms with van der Waals surface area (Å²) >= 11 is 0. The Balaban J connectivity index is 1.81. The van der Waals surface area contributed by atoms with Gasteiger partial charge >= 0.3 is 0 Å². The number of ether oxygens (including phenoxy) is 1. The highest BCUT2D eigenvalue weighted by Gasteiger charge is 1.95. The van der Waals surface area contributed by atoms with Crippen molar-refractivity contribution in [2.24, 2.45) is 0 Å². The third kappa shape index (κ3) is 10.3. The predicted octanol–water partition coefficient (Wildman–Crippen LogP) is 6.00. The monoisotopic (exact) mass is 304 g/mol. The first kappa shape index (κ1) is 18.6. The summed E-state index contributed by atoms with van der Waals surface area (Å²) in [6.45, 7) is 2.84. The molecule has 0 heterocycles. The molecular weight excluding hydrogens is 272 g/mol. The molecule has 1 aromatic carbocycles. The van der Waals surface area contributed by atoms with Gasteiger partial charge in [-0.25, -0.2) is 0 Å². The van der Waals surface area contributed by atoms with Crippen LogP contribution in [0.25, 0.3) is 0 Å². The summed E-state index contributed by atoms with van der Waals surface area (Å²) in [7, 11) is 0. The molecule has 0 saturated heterocycles. The zero-order valence-electron chi connectivity index (χ0n) is 14.1. The van der Waals surface area contributed by atoms with E-state index in [1.807, 2.05) is 25.1 Å². The van der Waals surface area contributed by atoms with Crippen molar-refractivity contribution in [2.75, 3.05) is 6.61 Å². The lowest BCUT2D eigenvalue weighted by Gasteiger charge is -2.04. The van der Waals surface area contributed by atoms with Crippen molar-refractivity contribution >= 4 is 0 Å². The molecule has 0 aliphatic heterocycles. The van der Waals surface area contributed by atoms with Gasteiger partial charge in [-0.3, -0.25) is 0 Å². The molecule has 124 valence electrons. The summed E-state index contributed by atoms with van der Waals surface area (Å²) in [6, 6.07) is 7.60. The molecule has 0 amide bonds. The Morgan fingerprint density at radius 2 is 1.36 bits per heavy atom. The second-order valence-electron chi connectivity index (χ2n) is 5.94. The van der Waals surface area contributed by atoms with Crippen LogP contribution in [0, 0.1) is 0 Å². The van der Waals surface area contributed by atoms with E-state index in [1.54, 1.807) is 18.4 Å². The Morgan fingerprint density at radius 3 is 1.95 bits per heavy atom. The highest BCUT2D eigenvalue weighted by Crippen LogP contribution is 2.14. The number of aromatic hydroxyl groups is 1. The molecule has 0 bridgehead atoms. The molecule has 0 unspecified atom stereocenters. The zero-order chi connectivity index (χ0) is 15.9. The topological polar surface area (TPSA) is 29.5 Å². The predicted molar refractivity (Wildman–Crippen MR) is 94.1 cm³/mol. The number of rotatable bonds is 13. The van der Waals surface area contributed by atoms with Crippen molar-refractivity contribution in [3.63, 3.8) is 0 Å². The van der Waals surface area contributed by atoms with E-state index in [9.17, 15) is 5.11 Å². The number of hydrogen-bond donors (Lipinski definition) is 1. The van der Waals surface area contributed by atoms with Crippen LogP contribution in [0.15, 0.2) is 36.6 Å². The van der Waals surface area contributed by atoms with Gasteiger partial charge in [0.05, 0.1) is 12.9 Å². The van der Waals surface area contributed by atoms with Gasteiger partial charge in [0.2, 0.25) is 0 Å². The maximum Gasteiger partial charge on any atom is 0.115 e. The summed E-state index contributed by atoms with van der Waals surface area (Å²) in [6.07, 6.45) is 16.7. The normalized spacial score (nSPS) is 11.1. The molecule has 0 saturated carbocycles. The molecule has 2 heteroatoms. The van der Waals surface area contributed by atoms with E-state index in [2.05, 4.69) is 0 Å². The van der Waals surface area contributed by atoms with Gasteiger partial charge < -0.3 is 9.84 Å².